The lowest BCUT2D eigenvalue weighted by Gasteiger charge is -2.14. The molecule has 1 amide bonds. The smallest absolute Gasteiger partial charge is 0.224 e. The van der Waals surface area contributed by atoms with Crippen LogP contribution in [-0.4, -0.2) is 16.0 Å². The first-order chi connectivity index (χ1) is 13.0. The van der Waals surface area contributed by atoms with E-state index in [0.29, 0.717) is 13.0 Å². The number of ether oxygens (including phenoxy) is 1. The van der Waals surface area contributed by atoms with E-state index < -0.39 is 0 Å². The fraction of sp³-hybridized carbons (Fsp3) is 0.286. The Morgan fingerprint density at radius 1 is 1.22 bits per heavy atom. The molecule has 0 aliphatic rings. The molecule has 0 aliphatic heterocycles. The predicted octanol–water partition coefficient (Wildman–Crippen LogP) is 3.69. The first-order valence-electron chi connectivity index (χ1n) is 8.85. The predicted molar refractivity (Wildman–Crippen MR) is 101 cm³/mol. The second-order valence-corrected chi connectivity index (χ2v) is 6.49. The Morgan fingerprint density at radius 2 is 2.00 bits per heavy atom. The Balaban J connectivity index is 1.52. The Morgan fingerprint density at radius 3 is 2.63 bits per heavy atom. The van der Waals surface area contributed by atoms with E-state index in [0.717, 1.165) is 33.9 Å². The van der Waals surface area contributed by atoms with E-state index in [1.165, 1.54) is 0 Å². The number of hydrogen-bond donors (Lipinski definition) is 1. The number of aryl methyl sites for hydroxylation is 2. The summed E-state index contributed by atoms with van der Waals surface area (Å²) in [5.74, 6) is 1.47. The van der Waals surface area contributed by atoms with E-state index >= 15 is 0 Å². The number of hydrogen-bond acceptors (Lipinski definition) is 5. The third kappa shape index (κ3) is 4.94. The number of carbonyl (C=O) groups excluding carboxylic acids is 1. The molecule has 0 radical (unpaired) electrons. The highest BCUT2D eigenvalue weighted by atomic mass is 16.5. The Labute approximate surface area is 158 Å². The summed E-state index contributed by atoms with van der Waals surface area (Å²) < 4.78 is 10.9. The number of aromatic nitrogens is 2. The molecule has 0 saturated carbocycles. The quantitative estimate of drug-likeness (QED) is 0.691. The van der Waals surface area contributed by atoms with Crippen LogP contribution in [0.4, 0.5) is 0 Å². The number of nitrogens with one attached hydrogen (secondary N) is 1. The van der Waals surface area contributed by atoms with Gasteiger partial charge in [-0.05, 0) is 50.1 Å². The topological polar surface area (TPSA) is 77.2 Å². The Bertz CT molecular complexity index is 869. The summed E-state index contributed by atoms with van der Waals surface area (Å²) in [6, 6.07) is 11.3. The summed E-state index contributed by atoms with van der Waals surface area (Å²) in [4.78, 5) is 16.3. The molecule has 0 unspecified atom stereocenters. The van der Waals surface area contributed by atoms with Crippen LogP contribution < -0.4 is 10.1 Å². The summed E-state index contributed by atoms with van der Waals surface area (Å²) in [5.41, 5.74) is 3.70. The van der Waals surface area contributed by atoms with Gasteiger partial charge in [-0.15, -0.1) is 0 Å². The van der Waals surface area contributed by atoms with Crippen molar-refractivity contribution >= 4 is 5.91 Å². The van der Waals surface area contributed by atoms with Crippen LogP contribution in [0.5, 0.6) is 5.75 Å². The van der Waals surface area contributed by atoms with E-state index in [1.807, 2.05) is 57.2 Å². The lowest BCUT2D eigenvalue weighted by Crippen LogP contribution is -2.28. The van der Waals surface area contributed by atoms with Crippen molar-refractivity contribution in [3.8, 4) is 5.75 Å². The van der Waals surface area contributed by atoms with Crippen molar-refractivity contribution in [3.63, 3.8) is 0 Å². The van der Waals surface area contributed by atoms with E-state index in [4.69, 9.17) is 9.26 Å². The van der Waals surface area contributed by atoms with Gasteiger partial charge in [-0.3, -0.25) is 9.78 Å². The molecule has 1 atom stereocenters. The molecule has 6 heteroatoms. The number of amides is 1. The van der Waals surface area contributed by atoms with Gasteiger partial charge in [0.05, 0.1) is 23.7 Å². The van der Waals surface area contributed by atoms with Gasteiger partial charge >= 0.3 is 0 Å². The minimum atomic E-state index is -0.0798. The van der Waals surface area contributed by atoms with Crippen molar-refractivity contribution in [1.82, 2.24) is 15.5 Å². The zero-order valence-corrected chi connectivity index (χ0v) is 15.7. The molecule has 140 valence electrons. The maximum Gasteiger partial charge on any atom is 0.224 e. The summed E-state index contributed by atoms with van der Waals surface area (Å²) in [6.45, 7) is 6.11. The highest BCUT2D eigenvalue weighted by Gasteiger charge is 2.11. The molecular formula is C21H23N3O3. The first kappa shape index (κ1) is 18.6. The molecule has 3 rings (SSSR count). The molecule has 0 fully saturated rings. The molecular weight excluding hydrogens is 342 g/mol. The lowest BCUT2D eigenvalue weighted by atomic mass is 10.1. The highest BCUT2D eigenvalue weighted by molar-refractivity contribution is 5.79. The summed E-state index contributed by atoms with van der Waals surface area (Å²) in [7, 11) is 0. The highest BCUT2D eigenvalue weighted by Crippen LogP contribution is 2.18. The average molecular weight is 365 g/mol. The van der Waals surface area contributed by atoms with E-state index in [1.54, 1.807) is 12.4 Å². The van der Waals surface area contributed by atoms with E-state index in [2.05, 4.69) is 15.5 Å². The van der Waals surface area contributed by atoms with Gasteiger partial charge in [0.1, 0.15) is 18.1 Å². The monoisotopic (exact) mass is 365 g/mol. The Kier molecular flexibility index (Phi) is 5.86. The minimum Gasteiger partial charge on any atom is -0.489 e. The Hall–Kier alpha value is -3.15. The molecule has 6 nitrogen and oxygen atoms in total. The van der Waals surface area contributed by atoms with Crippen LogP contribution in [0.1, 0.15) is 41.1 Å². The molecule has 2 aromatic heterocycles. The van der Waals surface area contributed by atoms with Gasteiger partial charge < -0.3 is 14.6 Å². The van der Waals surface area contributed by atoms with Crippen LogP contribution in [0.3, 0.4) is 0 Å². The molecule has 3 aromatic rings. The number of benzene rings is 1. The fourth-order valence-corrected chi connectivity index (χ4v) is 2.76. The van der Waals surface area contributed by atoms with Crippen molar-refractivity contribution in [3.05, 3.63) is 76.9 Å². The lowest BCUT2D eigenvalue weighted by molar-refractivity contribution is -0.121. The first-order valence-corrected chi connectivity index (χ1v) is 8.85. The van der Waals surface area contributed by atoms with Gasteiger partial charge in [0.15, 0.2) is 0 Å². The van der Waals surface area contributed by atoms with Gasteiger partial charge in [-0.1, -0.05) is 23.4 Å². The number of nitrogens with zero attached hydrogens (tertiary/aromatic N) is 2. The maximum absolute atomic E-state index is 12.3. The second kappa shape index (κ2) is 8.49. The van der Waals surface area contributed by atoms with Crippen molar-refractivity contribution < 1.29 is 14.1 Å². The van der Waals surface area contributed by atoms with Crippen LogP contribution >= 0.6 is 0 Å². The molecule has 1 aromatic carbocycles. The SMILES string of the molecule is Cc1noc(C)c1COc1ccc(CC(=O)N[C@@H](C)c2cccnc2)cc1. The molecule has 0 saturated heterocycles. The molecule has 0 aliphatic carbocycles. The normalized spacial score (nSPS) is 11.8. The molecule has 27 heavy (non-hydrogen) atoms. The van der Waals surface area contributed by atoms with Crippen molar-refractivity contribution in [1.29, 1.82) is 0 Å². The van der Waals surface area contributed by atoms with Crippen molar-refractivity contribution in [2.45, 2.75) is 39.8 Å². The molecule has 2 heterocycles. The van der Waals surface area contributed by atoms with E-state index in [-0.39, 0.29) is 11.9 Å². The van der Waals surface area contributed by atoms with Crippen LogP contribution in [0.15, 0.2) is 53.3 Å². The maximum atomic E-state index is 12.3. The zero-order chi connectivity index (χ0) is 19.2. The molecule has 0 bridgehead atoms. The van der Waals surface area contributed by atoms with Gasteiger partial charge in [0.25, 0.3) is 0 Å². The average Bonchev–Trinajstić information content (AvgIpc) is 2.99. The van der Waals surface area contributed by atoms with E-state index in [9.17, 15) is 4.79 Å². The van der Waals surface area contributed by atoms with Gasteiger partial charge in [-0.2, -0.15) is 0 Å². The van der Waals surface area contributed by atoms with Crippen LogP contribution in [-0.2, 0) is 17.8 Å². The summed E-state index contributed by atoms with van der Waals surface area (Å²) in [5, 5.41) is 6.91. The summed E-state index contributed by atoms with van der Waals surface area (Å²) >= 11 is 0. The van der Waals surface area contributed by atoms with Gasteiger partial charge in [0, 0.05) is 12.4 Å². The molecule has 0 spiro atoms. The zero-order valence-electron chi connectivity index (χ0n) is 15.7. The largest absolute Gasteiger partial charge is 0.489 e. The standard InChI is InChI=1S/C21H23N3O3/c1-14(18-5-4-10-22-12-18)23-21(25)11-17-6-8-19(9-7-17)26-13-20-15(2)24-27-16(20)3/h4-10,12,14H,11,13H2,1-3H3,(H,23,25)/t14-/m0/s1. The van der Waals surface area contributed by atoms with Gasteiger partial charge in [-0.25, -0.2) is 0 Å². The minimum absolute atomic E-state index is 0.0317. The third-order valence-electron chi connectivity index (χ3n) is 4.41. The van der Waals surface area contributed by atoms with Crippen LogP contribution in [0.2, 0.25) is 0 Å². The summed E-state index contributed by atoms with van der Waals surface area (Å²) in [6.07, 6.45) is 3.79. The second-order valence-electron chi connectivity index (χ2n) is 6.49. The van der Waals surface area contributed by atoms with Crippen molar-refractivity contribution in [2.75, 3.05) is 0 Å². The number of pyridine rings is 1. The van der Waals surface area contributed by atoms with Crippen molar-refractivity contribution in [2.24, 2.45) is 0 Å². The third-order valence-corrected chi connectivity index (χ3v) is 4.41. The fourth-order valence-electron chi connectivity index (χ4n) is 2.76. The van der Waals surface area contributed by atoms with Crippen LogP contribution in [0, 0.1) is 13.8 Å². The number of carbonyl (C=O) groups is 1. The molecule has 1 N–H and O–H groups in total. The van der Waals surface area contributed by atoms with Gasteiger partial charge in [0.2, 0.25) is 5.91 Å². The number of rotatable bonds is 7. The van der Waals surface area contributed by atoms with Crippen LogP contribution in [0.25, 0.3) is 0 Å².